The molecule has 358 valence electrons. The van der Waals surface area contributed by atoms with Crippen molar-refractivity contribution in [3.63, 3.8) is 0 Å². The van der Waals surface area contributed by atoms with Crippen molar-refractivity contribution < 1.29 is 57.6 Å². The molecule has 4 heterocycles. The number of carbonyl (C=O) groups excluding carboxylic acids is 6. The maximum Gasteiger partial charge on any atom is 0.409 e. The van der Waals surface area contributed by atoms with Crippen LogP contribution in [0.1, 0.15) is 91.5 Å². The van der Waals surface area contributed by atoms with Gasteiger partial charge in [0.2, 0.25) is 23.6 Å². The van der Waals surface area contributed by atoms with E-state index in [2.05, 4.69) is 12.2 Å². The molecule has 16 nitrogen and oxygen atoms in total. The summed E-state index contributed by atoms with van der Waals surface area (Å²) in [6.45, 7) is 9.60. The number of likely N-dealkylation sites (N-methyl/N-ethyl adjacent to an activating group) is 1. The third-order valence-electron chi connectivity index (χ3n) is 13.9. The van der Waals surface area contributed by atoms with Crippen LogP contribution in [0.4, 0.5) is 10.5 Å². The summed E-state index contributed by atoms with van der Waals surface area (Å²) in [7, 11) is 5.95. The number of nitrogens with zero attached hydrogens (tertiary/aromatic N) is 3. The van der Waals surface area contributed by atoms with E-state index in [1.54, 1.807) is 45.2 Å². The second-order valence-corrected chi connectivity index (χ2v) is 20.4. The van der Waals surface area contributed by atoms with Gasteiger partial charge in [-0.15, -0.1) is 11.8 Å². The zero-order valence-electron chi connectivity index (χ0n) is 38.9. The summed E-state index contributed by atoms with van der Waals surface area (Å²) in [5.74, 6) is -0.990. The van der Waals surface area contributed by atoms with Crippen molar-refractivity contribution in [1.82, 2.24) is 15.1 Å². The molecule has 18 heteroatoms. The number of imide groups is 1. The average Bonchev–Trinajstić information content (AvgIpc) is 3.89. The van der Waals surface area contributed by atoms with Crippen LogP contribution in [0, 0.1) is 17.8 Å². The van der Waals surface area contributed by atoms with Gasteiger partial charge >= 0.3 is 12.1 Å². The van der Waals surface area contributed by atoms with Gasteiger partial charge in [0.05, 0.1) is 30.6 Å². The maximum absolute atomic E-state index is 14.3. The van der Waals surface area contributed by atoms with Crippen LogP contribution in [0.3, 0.4) is 0 Å². The fraction of sp³-hybridized carbons (Fsp3) is 0.660. The van der Waals surface area contributed by atoms with Crippen LogP contribution in [0.25, 0.3) is 0 Å². The zero-order valence-corrected chi connectivity index (χ0v) is 40.5. The molecule has 1 aromatic carbocycles. The molecular formula is C47H65ClN4O12S. The molecule has 3 saturated heterocycles. The second-order valence-electron chi connectivity index (χ2n) is 18.7. The van der Waals surface area contributed by atoms with E-state index in [-0.39, 0.29) is 54.2 Å². The number of epoxide rings is 1. The quantitative estimate of drug-likeness (QED) is 0.159. The molecule has 1 saturated carbocycles. The van der Waals surface area contributed by atoms with Gasteiger partial charge < -0.3 is 38.6 Å². The van der Waals surface area contributed by atoms with Crippen molar-refractivity contribution in [2.45, 2.75) is 139 Å². The molecule has 0 spiro atoms. The zero-order chi connectivity index (χ0) is 47.5. The molecule has 4 bridgehead atoms. The largest absolute Gasteiger partial charge is 0.495 e. The number of rotatable bonds is 11. The fourth-order valence-corrected chi connectivity index (χ4v) is 10.8. The number of carbonyl (C=O) groups is 6. The predicted molar refractivity (Wildman–Crippen MR) is 244 cm³/mol. The molecule has 1 aliphatic carbocycles. The Hall–Kier alpha value is -4.16. The van der Waals surface area contributed by atoms with E-state index in [9.17, 15) is 33.9 Å². The highest BCUT2D eigenvalue weighted by Crippen LogP contribution is 2.49. The summed E-state index contributed by atoms with van der Waals surface area (Å²) in [6, 6.07) is 2.47. The summed E-state index contributed by atoms with van der Waals surface area (Å²) in [4.78, 5) is 84.9. The number of ether oxygens (including phenoxy) is 5. The number of aliphatic hydroxyl groups is 1. The van der Waals surface area contributed by atoms with E-state index >= 15 is 0 Å². The number of likely N-dealkylation sites (tertiary alicyclic amines) is 1. The van der Waals surface area contributed by atoms with Gasteiger partial charge in [-0.05, 0) is 69.6 Å². The molecular weight excluding hydrogens is 880 g/mol. The molecule has 0 aromatic heterocycles. The number of allylic oxidation sites excluding steroid dienone is 3. The van der Waals surface area contributed by atoms with Crippen molar-refractivity contribution in [2.24, 2.45) is 17.8 Å². The Morgan fingerprint density at radius 3 is 2.48 bits per heavy atom. The number of benzene rings is 1. The van der Waals surface area contributed by atoms with Crippen molar-refractivity contribution in [2.75, 3.05) is 45.5 Å². The molecule has 5 aliphatic rings. The summed E-state index contributed by atoms with van der Waals surface area (Å²) in [5, 5.41) is 14.0. The summed E-state index contributed by atoms with van der Waals surface area (Å²) in [5.41, 5.74) is -1.08. The molecule has 4 fully saturated rings. The van der Waals surface area contributed by atoms with Crippen molar-refractivity contribution in [1.29, 1.82) is 0 Å². The first-order valence-corrected chi connectivity index (χ1v) is 23.9. The Morgan fingerprint density at radius 1 is 1.09 bits per heavy atom. The smallest absolute Gasteiger partial charge is 0.409 e. The highest BCUT2D eigenvalue weighted by molar-refractivity contribution is 8.00. The van der Waals surface area contributed by atoms with Crippen molar-refractivity contribution in [3.8, 4) is 5.75 Å². The lowest BCUT2D eigenvalue weighted by molar-refractivity contribution is -0.162. The maximum atomic E-state index is 14.3. The first kappa shape index (κ1) is 50.3. The number of fused-ring (bicyclic) bond motifs is 5. The van der Waals surface area contributed by atoms with Gasteiger partial charge in [0.15, 0.2) is 5.72 Å². The van der Waals surface area contributed by atoms with Crippen LogP contribution in [0.15, 0.2) is 35.9 Å². The van der Waals surface area contributed by atoms with E-state index in [0.29, 0.717) is 36.2 Å². The van der Waals surface area contributed by atoms with E-state index in [1.807, 2.05) is 13.0 Å². The van der Waals surface area contributed by atoms with Gasteiger partial charge in [-0.2, -0.15) is 0 Å². The monoisotopic (exact) mass is 944 g/mol. The number of hydrogen-bond acceptors (Lipinski definition) is 13. The van der Waals surface area contributed by atoms with Crippen LogP contribution >= 0.6 is 23.4 Å². The van der Waals surface area contributed by atoms with Gasteiger partial charge in [0, 0.05) is 58.7 Å². The van der Waals surface area contributed by atoms with Crippen LogP contribution in [-0.2, 0) is 49.3 Å². The third kappa shape index (κ3) is 11.3. The van der Waals surface area contributed by atoms with E-state index < -0.39 is 70.9 Å². The van der Waals surface area contributed by atoms with E-state index in [4.69, 9.17) is 35.3 Å². The van der Waals surface area contributed by atoms with Gasteiger partial charge in [-0.1, -0.05) is 62.1 Å². The minimum atomic E-state index is -1.86. The molecule has 5 amide bonds. The normalized spacial score (nSPS) is 33.8. The standard InChI is InChI=1S/C47H65ClN4O12S/c1-26-13-15-30(16-14-26)25-52-40(55)22-35(43(52)56)65-18-17-38(53)50(6)29(4)44(57)63-37-23-39(54)51(7)32-20-31(21-33(60-8)41(32)48)19-27(2)11-10-12-36(61-9)47(59)24-34(62-45(58)49-47)28(3)42-46(37,5)64-42/h10-12,20-21,26,28-30,34-37,42,59H,13-19,22-25H2,1-9H3,(H,49,58)/b12-10-,27-11+/t26?,28-,29+,30?,34+,35?,36-,37-,42?,46+,47+/m1/s1. The Balaban J connectivity index is 1.18. The number of hydrogen-bond donors (Lipinski definition) is 2. The van der Waals surface area contributed by atoms with Gasteiger partial charge in [0.25, 0.3) is 0 Å². The molecule has 9 atom stereocenters. The van der Waals surface area contributed by atoms with Gasteiger partial charge in [0.1, 0.15) is 40.7 Å². The molecule has 2 unspecified atom stereocenters. The first-order valence-electron chi connectivity index (χ1n) is 22.5. The number of methoxy groups -OCH3 is 2. The highest BCUT2D eigenvalue weighted by atomic mass is 35.5. The first-order chi connectivity index (χ1) is 30.7. The second kappa shape index (κ2) is 20.8. The molecule has 6 rings (SSSR count). The summed E-state index contributed by atoms with van der Waals surface area (Å²) >= 11 is 8.08. The van der Waals surface area contributed by atoms with Crippen LogP contribution in [0.2, 0.25) is 5.02 Å². The van der Waals surface area contributed by atoms with Crippen LogP contribution in [0.5, 0.6) is 5.75 Å². The number of thioether (sulfide) groups is 1. The number of halogens is 1. The van der Waals surface area contributed by atoms with E-state index in [1.165, 1.54) is 54.7 Å². The molecule has 65 heavy (non-hydrogen) atoms. The van der Waals surface area contributed by atoms with Crippen molar-refractivity contribution >= 4 is 64.7 Å². The molecule has 4 aliphatic heterocycles. The third-order valence-corrected chi connectivity index (χ3v) is 15.5. The Labute approximate surface area is 391 Å². The Kier molecular flexibility index (Phi) is 16.1. The number of amides is 5. The SMILES string of the molecule is COc1cc2cc(c1Cl)N(C)C(=O)C[C@@H](OC(=O)[C@H](C)N(C)C(=O)CCSC1CC(=O)N(CC3CCC(C)CC3)C1=O)[C@]1(C)OC1[C@H](C)[C@@H]1C[C@@](O)(NC(=O)O1)[C@H](OC)/C=C\C=C(/C)C2. The lowest BCUT2D eigenvalue weighted by Gasteiger charge is -2.42. The average molecular weight is 946 g/mol. The van der Waals surface area contributed by atoms with E-state index in [0.717, 1.165) is 36.8 Å². The number of alkyl carbamates (subject to hydrolysis) is 1. The number of anilines is 1. The van der Waals surface area contributed by atoms with Gasteiger partial charge in [-0.3, -0.25) is 29.4 Å². The lowest BCUT2D eigenvalue weighted by Crippen LogP contribution is -2.63. The fourth-order valence-electron chi connectivity index (χ4n) is 9.43. The number of nitrogens with one attached hydrogen (secondary N) is 1. The minimum absolute atomic E-state index is 0.00400. The topological polar surface area (TPSA) is 194 Å². The number of esters is 1. The van der Waals surface area contributed by atoms with Crippen molar-refractivity contribution in [3.05, 3.63) is 46.5 Å². The molecule has 2 N–H and O–H groups in total. The minimum Gasteiger partial charge on any atom is -0.495 e. The van der Waals surface area contributed by atoms with Crippen LogP contribution in [-0.4, -0.2) is 138 Å². The highest BCUT2D eigenvalue weighted by Gasteiger charge is 2.64. The molecule has 0 radical (unpaired) electrons. The summed E-state index contributed by atoms with van der Waals surface area (Å²) in [6.07, 6.45) is 4.91. The predicted octanol–water partition coefficient (Wildman–Crippen LogP) is 5.59. The molecule has 1 aromatic rings. The Morgan fingerprint density at radius 2 is 1.80 bits per heavy atom. The van der Waals surface area contributed by atoms with Crippen LogP contribution < -0.4 is 15.0 Å². The summed E-state index contributed by atoms with van der Waals surface area (Å²) < 4.78 is 29.4. The van der Waals surface area contributed by atoms with Gasteiger partial charge in [-0.25, -0.2) is 9.59 Å². The Bertz CT molecular complexity index is 2060. The lowest BCUT2D eigenvalue weighted by atomic mass is 9.83.